The highest BCUT2D eigenvalue weighted by atomic mass is 16.5. The van der Waals surface area contributed by atoms with E-state index in [1.54, 1.807) is 24.3 Å². The van der Waals surface area contributed by atoms with E-state index in [2.05, 4.69) is 9.88 Å². The van der Waals surface area contributed by atoms with Crippen LogP contribution < -0.4 is 5.32 Å². The Kier molecular flexibility index (Phi) is 4.52. The van der Waals surface area contributed by atoms with Gasteiger partial charge in [-0.1, -0.05) is 48.5 Å². The van der Waals surface area contributed by atoms with Gasteiger partial charge in [0, 0.05) is 24.2 Å². The first kappa shape index (κ1) is 18.1. The third-order valence-electron chi connectivity index (χ3n) is 5.26. The van der Waals surface area contributed by atoms with E-state index in [1.807, 2.05) is 48.5 Å². The first-order chi connectivity index (χ1) is 14.7. The number of esters is 1. The number of ether oxygens (including phenoxy) is 1. The van der Waals surface area contributed by atoms with Crippen molar-refractivity contribution in [1.29, 1.82) is 0 Å². The fourth-order valence-corrected chi connectivity index (χ4v) is 3.83. The summed E-state index contributed by atoms with van der Waals surface area (Å²) in [5.41, 5.74) is 4.49. The zero-order valence-corrected chi connectivity index (χ0v) is 16.2. The molecule has 2 heterocycles. The maximum atomic E-state index is 12.4. The number of amides is 1. The first-order valence-electron chi connectivity index (χ1n) is 9.80. The number of carbonyl (C=O) groups is 2. The van der Waals surface area contributed by atoms with Crippen LogP contribution in [-0.2, 0) is 17.9 Å². The van der Waals surface area contributed by atoms with Crippen LogP contribution >= 0.6 is 0 Å². The Morgan fingerprint density at radius 3 is 2.60 bits per heavy atom. The van der Waals surface area contributed by atoms with Crippen molar-refractivity contribution in [3.8, 4) is 11.4 Å². The van der Waals surface area contributed by atoms with Crippen molar-refractivity contribution in [2.45, 2.75) is 13.2 Å². The standard InChI is InChI=1S/C24H19N3O3/c28-23-19-11-6-12-20-21(19)27(14-13-25-23)22(26-20)18-10-5-4-9-17(18)15-30-24(29)16-7-2-1-3-8-16/h1-12H,13-15H2,(H,25,28). The van der Waals surface area contributed by atoms with Crippen molar-refractivity contribution < 1.29 is 14.3 Å². The molecule has 3 aromatic carbocycles. The largest absolute Gasteiger partial charge is 0.457 e. The molecule has 6 nitrogen and oxygen atoms in total. The van der Waals surface area contributed by atoms with Crippen LogP contribution in [0, 0.1) is 0 Å². The van der Waals surface area contributed by atoms with E-state index in [0.29, 0.717) is 24.2 Å². The van der Waals surface area contributed by atoms with E-state index in [9.17, 15) is 9.59 Å². The second-order valence-electron chi connectivity index (χ2n) is 7.12. The summed E-state index contributed by atoms with van der Waals surface area (Å²) in [5, 5.41) is 2.93. The second kappa shape index (κ2) is 7.48. The smallest absolute Gasteiger partial charge is 0.338 e. The molecule has 1 aromatic heterocycles. The van der Waals surface area contributed by atoms with Gasteiger partial charge in [-0.05, 0) is 24.3 Å². The fourth-order valence-electron chi connectivity index (χ4n) is 3.83. The maximum absolute atomic E-state index is 12.4. The Morgan fingerprint density at radius 1 is 0.967 bits per heavy atom. The lowest BCUT2D eigenvalue weighted by molar-refractivity contribution is 0.0473. The van der Waals surface area contributed by atoms with Crippen molar-refractivity contribution in [2.24, 2.45) is 0 Å². The Morgan fingerprint density at radius 2 is 1.73 bits per heavy atom. The van der Waals surface area contributed by atoms with Crippen LogP contribution in [-0.4, -0.2) is 28.0 Å². The van der Waals surface area contributed by atoms with Crippen molar-refractivity contribution in [3.63, 3.8) is 0 Å². The normalized spacial score (nSPS) is 13.0. The molecule has 1 aliphatic rings. The van der Waals surface area contributed by atoms with Gasteiger partial charge < -0.3 is 14.6 Å². The zero-order valence-electron chi connectivity index (χ0n) is 16.2. The van der Waals surface area contributed by atoms with Gasteiger partial charge in [-0.25, -0.2) is 9.78 Å². The maximum Gasteiger partial charge on any atom is 0.338 e. The summed E-state index contributed by atoms with van der Waals surface area (Å²) < 4.78 is 7.63. The lowest BCUT2D eigenvalue weighted by Gasteiger charge is -2.12. The van der Waals surface area contributed by atoms with Crippen molar-refractivity contribution >= 4 is 22.9 Å². The molecule has 0 atom stereocenters. The Balaban J connectivity index is 1.54. The monoisotopic (exact) mass is 397 g/mol. The number of hydrogen-bond acceptors (Lipinski definition) is 4. The molecule has 0 saturated carbocycles. The van der Waals surface area contributed by atoms with Gasteiger partial charge in [0.25, 0.3) is 5.91 Å². The van der Waals surface area contributed by atoms with Crippen LogP contribution in [0.1, 0.15) is 26.3 Å². The van der Waals surface area contributed by atoms with Gasteiger partial charge >= 0.3 is 5.97 Å². The summed E-state index contributed by atoms with van der Waals surface area (Å²) in [6.07, 6.45) is 0. The number of para-hydroxylation sites is 1. The summed E-state index contributed by atoms with van der Waals surface area (Å²) in [4.78, 5) is 29.6. The van der Waals surface area contributed by atoms with E-state index in [4.69, 9.17) is 9.72 Å². The molecule has 0 fully saturated rings. The Bertz CT molecular complexity index is 1260. The lowest BCUT2D eigenvalue weighted by Crippen LogP contribution is -2.24. The average molecular weight is 397 g/mol. The Hall–Kier alpha value is -3.93. The molecule has 0 aliphatic carbocycles. The van der Waals surface area contributed by atoms with Gasteiger partial charge in [-0.3, -0.25) is 4.79 Å². The summed E-state index contributed by atoms with van der Waals surface area (Å²) in [6, 6.07) is 22.3. The summed E-state index contributed by atoms with van der Waals surface area (Å²) in [6.45, 7) is 1.28. The minimum Gasteiger partial charge on any atom is -0.457 e. The quantitative estimate of drug-likeness (QED) is 0.532. The van der Waals surface area contributed by atoms with E-state index in [1.165, 1.54) is 0 Å². The molecule has 0 radical (unpaired) electrons. The lowest BCUT2D eigenvalue weighted by atomic mass is 10.1. The van der Waals surface area contributed by atoms with Crippen LogP contribution in [0.2, 0.25) is 0 Å². The Labute approximate surface area is 173 Å². The molecular formula is C24H19N3O3. The summed E-state index contributed by atoms with van der Waals surface area (Å²) in [5.74, 6) is 0.310. The molecule has 0 bridgehead atoms. The second-order valence-corrected chi connectivity index (χ2v) is 7.12. The van der Waals surface area contributed by atoms with Crippen molar-refractivity contribution in [1.82, 2.24) is 14.9 Å². The van der Waals surface area contributed by atoms with E-state index in [-0.39, 0.29) is 18.5 Å². The molecule has 0 saturated heterocycles. The van der Waals surface area contributed by atoms with E-state index >= 15 is 0 Å². The zero-order chi connectivity index (χ0) is 20.5. The SMILES string of the molecule is O=C(OCc1ccccc1-c1nc2cccc3c2n1CCNC3=O)c1ccccc1. The minimum atomic E-state index is -0.367. The number of aromatic nitrogens is 2. The topological polar surface area (TPSA) is 73.2 Å². The van der Waals surface area contributed by atoms with Crippen LogP contribution in [0.25, 0.3) is 22.4 Å². The minimum absolute atomic E-state index is 0.0872. The number of nitrogens with one attached hydrogen (secondary N) is 1. The van der Waals surface area contributed by atoms with Crippen LogP contribution in [0.5, 0.6) is 0 Å². The summed E-state index contributed by atoms with van der Waals surface area (Å²) >= 11 is 0. The molecule has 148 valence electrons. The van der Waals surface area contributed by atoms with Crippen LogP contribution in [0.4, 0.5) is 0 Å². The number of carbonyl (C=O) groups excluding carboxylic acids is 2. The van der Waals surface area contributed by atoms with Gasteiger partial charge in [0.05, 0.1) is 22.2 Å². The van der Waals surface area contributed by atoms with E-state index in [0.717, 1.165) is 28.0 Å². The van der Waals surface area contributed by atoms with Gasteiger partial charge in [0.15, 0.2) is 0 Å². The van der Waals surface area contributed by atoms with E-state index < -0.39 is 0 Å². The molecule has 30 heavy (non-hydrogen) atoms. The fraction of sp³-hybridized carbons (Fsp3) is 0.125. The highest BCUT2D eigenvalue weighted by Crippen LogP contribution is 2.30. The van der Waals surface area contributed by atoms with Gasteiger partial charge in [0.1, 0.15) is 12.4 Å². The molecule has 5 rings (SSSR count). The van der Waals surface area contributed by atoms with Gasteiger partial charge in [-0.15, -0.1) is 0 Å². The molecule has 1 amide bonds. The molecular weight excluding hydrogens is 378 g/mol. The number of rotatable bonds is 4. The van der Waals surface area contributed by atoms with Crippen LogP contribution in [0.15, 0.2) is 72.8 Å². The third-order valence-corrected chi connectivity index (χ3v) is 5.26. The molecule has 4 aromatic rings. The van der Waals surface area contributed by atoms with Crippen molar-refractivity contribution in [3.05, 3.63) is 89.5 Å². The molecule has 1 N–H and O–H groups in total. The van der Waals surface area contributed by atoms with Crippen molar-refractivity contribution in [2.75, 3.05) is 6.54 Å². The number of imidazole rings is 1. The van der Waals surface area contributed by atoms with Gasteiger partial charge in [-0.2, -0.15) is 0 Å². The molecule has 0 spiro atoms. The number of nitrogens with zero attached hydrogens (tertiary/aromatic N) is 2. The molecule has 1 aliphatic heterocycles. The first-order valence-corrected chi connectivity index (χ1v) is 9.80. The predicted molar refractivity (Wildman–Crippen MR) is 113 cm³/mol. The number of benzene rings is 3. The predicted octanol–water partition coefficient (Wildman–Crippen LogP) is 3.80. The average Bonchev–Trinajstić information content (AvgIpc) is 3.07. The van der Waals surface area contributed by atoms with Crippen LogP contribution in [0.3, 0.4) is 0 Å². The van der Waals surface area contributed by atoms with Gasteiger partial charge in [0.2, 0.25) is 0 Å². The summed E-state index contributed by atoms with van der Waals surface area (Å²) in [7, 11) is 0. The highest BCUT2D eigenvalue weighted by Gasteiger charge is 2.23. The highest BCUT2D eigenvalue weighted by molar-refractivity contribution is 6.06. The molecule has 0 unspecified atom stereocenters. The molecule has 6 heteroatoms. The number of hydrogen-bond donors (Lipinski definition) is 1. The third kappa shape index (κ3) is 3.12.